The highest BCUT2D eigenvalue weighted by atomic mass is 16.5. The predicted molar refractivity (Wildman–Crippen MR) is 59.5 cm³/mol. The fourth-order valence-corrected chi connectivity index (χ4v) is 1.92. The second-order valence-corrected chi connectivity index (χ2v) is 3.89. The Bertz CT molecular complexity index is 209. The van der Waals surface area contributed by atoms with Crippen molar-refractivity contribution in [3.8, 4) is 0 Å². The summed E-state index contributed by atoms with van der Waals surface area (Å²) in [4.78, 5) is 13.7. The predicted octanol–water partition coefficient (Wildman–Crippen LogP) is 0.969. The van der Waals surface area contributed by atoms with Crippen LogP contribution in [0.15, 0.2) is 0 Å². The summed E-state index contributed by atoms with van der Waals surface area (Å²) in [6.07, 6.45) is 1.96. The van der Waals surface area contributed by atoms with E-state index in [1.807, 2.05) is 25.7 Å². The van der Waals surface area contributed by atoms with Gasteiger partial charge in [-0.2, -0.15) is 0 Å². The SMILES string of the molecule is CCOCCCN1C(=O)C(CC)NC1C. The highest BCUT2D eigenvalue weighted by Crippen LogP contribution is 2.12. The monoisotopic (exact) mass is 214 g/mol. The van der Waals surface area contributed by atoms with Crippen LogP contribution in [0.25, 0.3) is 0 Å². The van der Waals surface area contributed by atoms with E-state index in [1.54, 1.807) is 0 Å². The van der Waals surface area contributed by atoms with Gasteiger partial charge in [0.25, 0.3) is 0 Å². The van der Waals surface area contributed by atoms with Crippen LogP contribution in [-0.4, -0.2) is 42.8 Å². The number of amides is 1. The Morgan fingerprint density at radius 3 is 2.73 bits per heavy atom. The standard InChI is InChI=1S/C11H22N2O2/c1-4-10-11(14)13(9(3)12-10)7-6-8-15-5-2/h9-10,12H,4-8H2,1-3H3. The molecular formula is C11H22N2O2. The Morgan fingerprint density at radius 1 is 1.47 bits per heavy atom. The zero-order valence-electron chi connectivity index (χ0n) is 9.95. The van der Waals surface area contributed by atoms with Crippen molar-refractivity contribution in [2.75, 3.05) is 19.8 Å². The summed E-state index contributed by atoms with van der Waals surface area (Å²) in [6, 6.07) is 0.0205. The zero-order valence-corrected chi connectivity index (χ0v) is 9.95. The maximum atomic E-state index is 11.8. The van der Waals surface area contributed by atoms with Crippen molar-refractivity contribution >= 4 is 5.91 Å². The molecule has 2 atom stereocenters. The number of ether oxygens (including phenoxy) is 1. The molecule has 1 heterocycles. The summed E-state index contributed by atoms with van der Waals surface area (Å²) in [5.74, 6) is 0.237. The number of carbonyl (C=O) groups excluding carboxylic acids is 1. The number of hydrogen-bond donors (Lipinski definition) is 1. The van der Waals surface area contributed by atoms with E-state index in [-0.39, 0.29) is 18.1 Å². The van der Waals surface area contributed by atoms with Gasteiger partial charge in [-0.05, 0) is 26.7 Å². The molecule has 4 heteroatoms. The van der Waals surface area contributed by atoms with E-state index in [9.17, 15) is 4.79 Å². The van der Waals surface area contributed by atoms with Crippen molar-refractivity contribution in [1.82, 2.24) is 10.2 Å². The summed E-state index contributed by atoms with van der Waals surface area (Å²) in [7, 11) is 0. The van der Waals surface area contributed by atoms with Crippen molar-refractivity contribution in [2.45, 2.75) is 45.8 Å². The van der Waals surface area contributed by atoms with Crippen LogP contribution in [0.4, 0.5) is 0 Å². The van der Waals surface area contributed by atoms with Crippen molar-refractivity contribution in [3.63, 3.8) is 0 Å². The van der Waals surface area contributed by atoms with Crippen LogP contribution in [0.1, 0.15) is 33.6 Å². The third-order valence-electron chi connectivity index (χ3n) is 2.79. The minimum absolute atomic E-state index is 0.0205. The van der Waals surface area contributed by atoms with Gasteiger partial charge in [-0.3, -0.25) is 10.1 Å². The van der Waals surface area contributed by atoms with E-state index in [1.165, 1.54) is 0 Å². The molecule has 0 bridgehead atoms. The van der Waals surface area contributed by atoms with Gasteiger partial charge in [0, 0.05) is 19.8 Å². The topological polar surface area (TPSA) is 41.6 Å². The molecule has 0 aliphatic carbocycles. The van der Waals surface area contributed by atoms with E-state index < -0.39 is 0 Å². The van der Waals surface area contributed by atoms with Crippen LogP contribution in [0.2, 0.25) is 0 Å². The summed E-state index contributed by atoms with van der Waals surface area (Å²) in [5.41, 5.74) is 0. The van der Waals surface area contributed by atoms with Gasteiger partial charge in [-0.15, -0.1) is 0 Å². The summed E-state index contributed by atoms with van der Waals surface area (Å²) in [5, 5.41) is 3.28. The maximum absolute atomic E-state index is 11.8. The van der Waals surface area contributed by atoms with E-state index in [4.69, 9.17) is 4.74 Å². The van der Waals surface area contributed by atoms with E-state index >= 15 is 0 Å². The maximum Gasteiger partial charge on any atom is 0.240 e. The van der Waals surface area contributed by atoms with E-state index in [2.05, 4.69) is 5.32 Å². The molecule has 0 aromatic rings. The van der Waals surface area contributed by atoms with Gasteiger partial charge in [0.1, 0.15) is 0 Å². The summed E-state index contributed by atoms with van der Waals surface area (Å²) >= 11 is 0. The normalized spacial score (nSPS) is 26.3. The molecule has 0 saturated carbocycles. The van der Waals surface area contributed by atoms with Crippen molar-refractivity contribution in [3.05, 3.63) is 0 Å². The highest BCUT2D eigenvalue weighted by molar-refractivity contribution is 5.84. The minimum atomic E-state index is 0.0205. The lowest BCUT2D eigenvalue weighted by Crippen LogP contribution is -2.35. The van der Waals surface area contributed by atoms with Gasteiger partial charge in [0.15, 0.2) is 0 Å². The molecule has 1 N–H and O–H groups in total. The average molecular weight is 214 g/mol. The quantitative estimate of drug-likeness (QED) is 0.670. The first kappa shape index (κ1) is 12.5. The van der Waals surface area contributed by atoms with Gasteiger partial charge >= 0.3 is 0 Å². The van der Waals surface area contributed by atoms with E-state index in [0.717, 1.165) is 32.6 Å². The zero-order chi connectivity index (χ0) is 11.3. The van der Waals surface area contributed by atoms with Crippen LogP contribution < -0.4 is 5.32 Å². The summed E-state index contributed by atoms with van der Waals surface area (Å²) in [6.45, 7) is 8.34. The smallest absolute Gasteiger partial charge is 0.240 e. The molecule has 1 aliphatic heterocycles. The molecule has 4 nitrogen and oxygen atoms in total. The van der Waals surface area contributed by atoms with Gasteiger partial charge in [-0.1, -0.05) is 6.92 Å². The number of carbonyl (C=O) groups is 1. The lowest BCUT2D eigenvalue weighted by Gasteiger charge is -2.20. The van der Waals surface area contributed by atoms with E-state index in [0.29, 0.717) is 0 Å². The Morgan fingerprint density at radius 2 is 2.20 bits per heavy atom. The van der Waals surface area contributed by atoms with Crippen LogP contribution in [-0.2, 0) is 9.53 Å². The molecule has 88 valence electrons. The molecule has 1 saturated heterocycles. The Balaban J connectivity index is 2.31. The van der Waals surface area contributed by atoms with Crippen LogP contribution in [0.5, 0.6) is 0 Å². The molecule has 0 aromatic carbocycles. The molecule has 0 radical (unpaired) electrons. The highest BCUT2D eigenvalue weighted by Gasteiger charge is 2.34. The molecular weight excluding hydrogens is 192 g/mol. The lowest BCUT2D eigenvalue weighted by molar-refractivity contribution is -0.130. The minimum Gasteiger partial charge on any atom is -0.382 e. The summed E-state index contributed by atoms with van der Waals surface area (Å²) < 4.78 is 5.26. The van der Waals surface area contributed by atoms with Crippen LogP contribution >= 0.6 is 0 Å². The molecule has 1 amide bonds. The van der Waals surface area contributed by atoms with Crippen LogP contribution in [0, 0.1) is 0 Å². The number of rotatable bonds is 6. The molecule has 2 unspecified atom stereocenters. The fourth-order valence-electron chi connectivity index (χ4n) is 1.92. The molecule has 1 rings (SSSR count). The first-order valence-electron chi connectivity index (χ1n) is 5.85. The van der Waals surface area contributed by atoms with Crippen molar-refractivity contribution < 1.29 is 9.53 Å². The second-order valence-electron chi connectivity index (χ2n) is 3.89. The molecule has 1 fully saturated rings. The van der Waals surface area contributed by atoms with Gasteiger partial charge in [-0.25, -0.2) is 0 Å². The van der Waals surface area contributed by atoms with Gasteiger partial charge < -0.3 is 9.64 Å². The Kier molecular flexibility index (Phi) is 5.05. The average Bonchev–Trinajstić information content (AvgIpc) is 2.50. The molecule has 1 aliphatic rings. The lowest BCUT2D eigenvalue weighted by atomic mass is 10.2. The Labute approximate surface area is 92.0 Å². The molecule has 0 aromatic heterocycles. The van der Waals surface area contributed by atoms with Crippen molar-refractivity contribution in [2.24, 2.45) is 0 Å². The second kappa shape index (κ2) is 6.08. The third kappa shape index (κ3) is 3.18. The first-order chi connectivity index (χ1) is 7.20. The largest absolute Gasteiger partial charge is 0.382 e. The third-order valence-corrected chi connectivity index (χ3v) is 2.79. The first-order valence-corrected chi connectivity index (χ1v) is 5.85. The van der Waals surface area contributed by atoms with Crippen molar-refractivity contribution in [1.29, 1.82) is 0 Å². The Hall–Kier alpha value is -0.610. The number of nitrogens with zero attached hydrogens (tertiary/aromatic N) is 1. The fraction of sp³-hybridized carbons (Fsp3) is 0.909. The number of nitrogens with one attached hydrogen (secondary N) is 1. The van der Waals surface area contributed by atoms with Gasteiger partial charge in [0.05, 0.1) is 12.2 Å². The number of hydrogen-bond acceptors (Lipinski definition) is 3. The van der Waals surface area contributed by atoms with Crippen LogP contribution in [0.3, 0.4) is 0 Å². The molecule has 0 spiro atoms. The molecule has 15 heavy (non-hydrogen) atoms. The van der Waals surface area contributed by atoms with Gasteiger partial charge in [0.2, 0.25) is 5.91 Å².